The summed E-state index contributed by atoms with van der Waals surface area (Å²) in [5.74, 6) is -0.962. The van der Waals surface area contributed by atoms with E-state index in [2.05, 4.69) is 0 Å². The number of aliphatic hydroxyl groups is 2. The van der Waals surface area contributed by atoms with Gasteiger partial charge in [-0.15, -0.1) is 0 Å². The highest BCUT2D eigenvalue weighted by Crippen LogP contribution is 2.45. The molecule has 0 unspecified atom stereocenters. The Labute approximate surface area is 216 Å². The van der Waals surface area contributed by atoms with Gasteiger partial charge in [-0.3, -0.25) is 14.4 Å². The average Bonchev–Trinajstić information content (AvgIpc) is 3.46. The number of para-hydroxylation sites is 1. The molecule has 0 bridgehead atoms. The second-order valence-electron chi connectivity index (χ2n) is 10.1. The highest BCUT2D eigenvalue weighted by molar-refractivity contribution is 6.07. The molecule has 2 aromatic rings. The zero-order chi connectivity index (χ0) is 26.2. The maximum absolute atomic E-state index is 13.7. The molecule has 3 heterocycles. The summed E-state index contributed by atoms with van der Waals surface area (Å²) in [6.45, 7) is 3.34. The molecule has 194 valence electrons. The highest BCUT2D eigenvalue weighted by Gasteiger charge is 2.52. The molecule has 3 amide bonds. The van der Waals surface area contributed by atoms with Crippen molar-refractivity contribution >= 4 is 29.1 Å². The number of hydrogen-bond donors (Lipinski definition) is 2. The zero-order valence-electron chi connectivity index (χ0n) is 21.0. The van der Waals surface area contributed by atoms with E-state index in [0.29, 0.717) is 30.8 Å². The first-order valence-corrected chi connectivity index (χ1v) is 12.9. The van der Waals surface area contributed by atoms with E-state index in [9.17, 15) is 24.6 Å². The molecule has 0 saturated carbocycles. The maximum atomic E-state index is 13.7. The Morgan fingerprint density at radius 2 is 1.97 bits per heavy atom. The van der Waals surface area contributed by atoms with Crippen molar-refractivity contribution in [1.29, 1.82) is 0 Å². The van der Waals surface area contributed by atoms with Crippen LogP contribution in [0.15, 0.2) is 60.7 Å². The Morgan fingerprint density at radius 1 is 1.16 bits per heavy atom. The Balaban J connectivity index is 1.34. The third-order valence-corrected chi connectivity index (χ3v) is 7.87. The van der Waals surface area contributed by atoms with Crippen molar-refractivity contribution in [2.75, 3.05) is 29.5 Å². The van der Waals surface area contributed by atoms with Crippen LogP contribution < -0.4 is 9.80 Å². The molecule has 3 aliphatic rings. The molecular weight excluding hydrogens is 470 g/mol. The van der Waals surface area contributed by atoms with Crippen LogP contribution in [0, 0.1) is 5.92 Å². The molecule has 8 nitrogen and oxygen atoms in total. The molecular formula is C29H33N3O5. The van der Waals surface area contributed by atoms with E-state index >= 15 is 0 Å². The number of rotatable bonds is 8. The largest absolute Gasteiger partial charge is 0.394 e. The van der Waals surface area contributed by atoms with Crippen molar-refractivity contribution in [3.8, 4) is 0 Å². The van der Waals surface area contributed by atoms with Crippen molar-refractivity contribution in [3.63, 3.8) is 0 Å². The summed E-state index contributed by atoms with van der Waals surface area (Å²) in [5, 5.41) is 21.3. The minimum Gasteiger partial charge on any atom is -0.394 e. The minimum atomic E-state index is -1.76. The number of hydrogen-bond acceptors (Lipinski definition) is 5. The predicted octanol–water partition coefficient (Wildman–Crippen LogP) is 2.72. The van der Waals surface area contributed by atoms with Crippen LogP contribution in [-0.2, 0) is 26.5 Å². The van der Waals surface area contributed by atoms with E-state index in [4.69, 9.17) is 0 Å². The normalized spacial score (nSPS) is 24.1. The zero-order valence-corrected chi connectivity index (χ0v) is 21.0. The Kier molecular flexibility index (Phi) is 6.88. The number of carbonyl (C=O) groups excluding carboxylic acids is 3. The van der Waals surface area contributed by atoms with Gasteiger partial charge in [-0.1, -0.05) is 49.4 Å². The number of amides is 3. The molecule has 5 rings (SSSR count). The average molecular weight is 504 g/mol. The van der Waals surface area contributed by atoms with Gasteiger partial charge in [0.1, 0.15) is 0 Å². The molecule has 3 atom stereocenters. The molecule has 0 aliphatic carbocycles. The molecule has 2 fully saturated rings. The molecule has 0 radical (unpaired) electrons. The van der Waals surface area contributed by atoms with Crippen molar-refractivity contribution < 1.29 is 24.6 Å². The van der Waals surface area contributed by atoms with Crippen LogP contribution >= 0.6 is 0 Å². The summed E-state index contributed by atoms with van der Waals surface area (Å²) in [6.07, 6.45) is 5.83. The molecule has 0 spiro atoms. The van der Waals surface area contributed by atoms with Crippen LogP contribution in [0.25, 0.3) is 0 Å². The van der Waals surface area contributed by atoms with Gasteiger partial charge in [0.2, 0.25) is 11.8 Å². The lowest BCUT2D eigenvalue weighted by atomic mass is 9.83. The lowest BCUT2D eigenvalue weighted by Crippen LogP contribution is -2.44. The Hall–Kier alpha value is -3.49. The summed E-state index contributed by atoms with van der Waals surface area (Å²) in [7, 11) is 0. The molecule has 8 heteroatoms. The summed E-state index contributed by atoms with van der Waals surface area (Å²) in [4.78, 5) is 43.3. The summed E-state index contributed by atoms with van der Waals surface area (Å²) in [5.41, 5.74) is 1.11. The van der Waals surface area contributed by atoms with E-state index in [1.54, 1.807) is 45.9 Å². The molecule has 2 saturated heterocycles. The quantitative estimate of drug-likeness (QED) is 0.426. The second kappa shape index (κ2) is 10.1. The first-order valence-electron chi connectivity index (χ1n) is 12.9. The third kappa shape index (κ3) is 4.45. The number of nitrogens with zero attached hydrogens (tertiary/aromatic N) is 3. The molecule has 37 heavy (non-hydrogen) atoms. The number of aliphatic hydroxyl groups excluding tert-OH is 1. The van der Waals surface area contributed by atoms with Gasteiger partial charge in [-0.05, 0) is 36.6 Å². The van der Waals surface area contributed by atoms with Gasteiger partial charge in [0.05, 0.1) is 24.9 Å². The fourth-order valence-electron chi connectivity index (χ4n) is 5.64. The summed E-state index contributed by atoms with van der Waals surface area (Å²) >= 11 is 0. The van der Waals surface area contributed by atoms with E-state index in [1.165, 1.54) is 0 Å². The van der Waals surface area contributed by atoms with Crippen molar-refractivity contribution in [2.45, 2.75) is 50.8 Å². The molecule has 2 aromatic carbocycles. The van der Waals surface area contributed by atoms with Crippen LogP contribution in [0.1, 0.15) is 43.7 Å². The van der Waals surface area contributed by atoms with Crippen molar-refractivity contribution in [3.05, 3.63) is 71.8 Å². The fourth-order valence-corrected chi connectivity index (χ4v) is 5.64. The minimum absolute atomic E-state index is 0.0377. The van der Waals surface area contributed by atoms with Crippen molar-refractivity contribution in [2.24, 2.45) is 5.92 Å². The Bertz CT molecular complexity index is 1240. The smallest absolute Gasteiger partial charge is 0.264 e. The lowest BCUT2D eigenvalue weighted by molar-refractivity contribution is -0.139. The van der Waals surface area contributed by atoms with Crippen LogP contribution in [0.5, 0.6) is 0 Å². The molecule has 0 aromatic heterocycles. The van der Waals surface area contributed by atoms with Gasteiger partial charge in [0, 0.05) is 43.1 Å². The topological polar surface area (TPSA) is 101 Å². The standard InChI is InChI=1S/C29H33N3O5/c1-20(7-4-13-26(34)30-15-6-10-23(30)19-33)29(37)24-11-2-3-12-25(24)32(28(29)36)18-21-8-5-9-22(17-21)31-16-14-27(31)35/h2-5,7-9,11-12,17,20,23,33,37H,6,10,13-16,18-19H2,1H3/b7-4+/t20-,23+,29+/m1/s1. The van der Waals surface area contributed by atoms with Gasteiger partial charge >= 0.3 is 0 Å². The maximum Gasteiger partial charge on any atom is 0.264 e. The van der Waals surface area contributed by atoms with Gasteiger partial charge in [0.15, 0.2) is 5.60 Å². The molecule has 3 aliphatic heterocycles. The second-order valence-corrected chi connectivity index (χ2v) is 10.1. The number of fused-ring (bicyclic) bond motifs is 1. The van der Waals surface area contributed by atoms with E-state index in [1.807, 2.05) is 36.4 Å². The number of β-lactam (4-membered cyclic amide) rings is 1. The predicted molar refractivity (Wildman–Crippen MR) is 140 cm³/mol. The van der Waals surface area contributed by atoms with Gasteiger partial charge < -0.3 is 24.9 Å². The summed E-state index contributed by atoms with van der Waals surface area (Å²) in [6, 6.07) is 14.7. The number of likely N-dealkylation sites (tertiary alicyclic amines) is 1. The van der Waals surface area contributed by atoms with E-state index in [0.717, 1.165) is 24.1 Å². The van der Waals surface area contributed by atoms with E-state index < -0.39 is 17.4 Å². The van der Waals surface area contributed by atoms with Crippen LogP contribution in [0.3, 0.4) is 0 Å². The molecule has 2 N–H and O–H groups in total. The number of benzene rings is 2. The van der Waals surface area contributed by atoms with E-state index in [-0.39, 0.29) is 37.4 Å². The van der Waals surface area contributed by atoms with Gasteiger partial charge in [0.25, 0.3) is 5.91 Å². The van der Waals surface area contributed by atoms with Gasteiger partial charge in [-0.25, -0.2) is 0 Å². The van der Waals surface area contributed by atoms with Crippen LogP contribution in [-0.4, -0.2) is 58.6 Å². The number of carbonyl (C=O) groups is 3. The van der Waals surface area contributed by atoms with Crippen LogP contribution in [0.2, 0.25) is 0 Å². The monoisotopic (exact) mass is 503 g/mol. The summed E-state index contributed by atoms with van der Waals surface area (Å²) < 4.78 is 0. The fraction of sp³-hybridized carbons (Fsp3) is 0.414. The first kappa shape index (κ1) is 25.2. The SMILES string of the molecule is C[C@H](/C=C/CC(=O)N1CCC[C@H]1CO)[C@@]1(O)C(=O)N(Cc2cccc(N3CCC3=O)c2)c2ccccc21. The first-order chi connectivity index (χ1) is 17.8. The number of anilines is 2. The van der Waals surface area contributed by atoms with Gasteiger partial charge in [-0.2, -0.15) is 0 Å². The third-order valence-electron chi connectivity index (χ3n) is 7.87. The van der Waals surface area contributed by atoms with Crippen LogP contribution in [0.4, 0.5) is 11.4 Å². The van der Waals surface area contributed by atoms with Crippen molar-refractivity contribution in [1.82, 2.24) is 4.90 Å². The lowest BCUT2D eigenvalue weighted by Gasteiger charge is -2.31. The Morgan fingerprint density at radius 3 is 2.70 bits per heavy atom. The highest BCUT2D eigenvalue weighted by atomic mass is 16.3.